The largest absolute Gasteiger partial charge is 0.479 e. The third kappa shape index (κ3) is 1.50. The van der Waals surface area contributed by atoms with E-state index < -0.39 is 21.9 Å². The first-order valence-electron chi connectivity index (χ1n) is 2.79. The van der Waals surface area contributed by atoms with E-state index in [1.807, 2.05) is 4.72 Å². The molecule has 0 aromatic carbocycles. The summed E-state index contributed by atoms with van der Waals surface area (Å²) in [5, 5.41) is 8.48. The topological polar surface area (TPSA) is 92.7 Å². The second-order valence-corrected chi connectivity index (χ2v) is 3.76. The molecule has 6 nitrogen and oxygen atoms in total. The Hall–Kier alpha value is -0.660. The second-order valence-electron chi connectivity index (χ2n) is 2.39. The summed E-state index contributed by atoms with van der Waals surface area (Å²) < 4.78 is 27.3. The van der Waals surface area contributed by atoms with Crippen LogP contribution >= 0.6 is 0 Å². The van der Waals surface area contributed by atoms with Gasteiger partial charge in [0.05, 0.1) is 6.54 Å². The number of carboxylic acids is 1. The predicted octanol–water partition coefficient (Wildman–Crippen LogP) is -1.31. The van der Waals surface area contributed by atoms with Crippen molar-refractivity contribution in [1.82, 2.24) is 4.72 Å². The van der Waals surface area contributed by atoms with E-state index in [-0.39, 0.29) is 6.54 Å². The van der Waals surface area contributed by atoms with Crippen molar-refractivity contribution in [2.24, 2.45) is 0 Å². The maximum atomic E-state index is 10.6. The Bertz CT molecular complexity index is 283. The molecule has 7 heteroatoms. The highest BCUT2D eigenvalue weighted by molar-refractivity contribution is 7.85. The van der Waals surface area contributed by atoms with E-state index in [1.54, 1.807) is 0 Å². The molecule has 2 N–H and O–H groups in total. The molecule has 11 heavy (non-hydrogen) atoms. The third-order valence-corrected chi connectivity index (χ3v) is 2.42. The first-order valence-corrected chi connectivity index (χ1v) is 4.20. The van der Waals surface area contributed by atoms with Crippen LogP contribution in [0.25, 0.3) is 0 Å². The standard InChI is InChI=1S/C4H7NO5S/c1-4(3(6)7)2-5-11(8,9)10-4/h5H,2H2,1H3,(H,6,7)/t4-/m1/s1. The maximum Gasteiger partial charge on any atom is 0.338 e. The number of carboxylic acid groups (broad SMARTS) is 1. The zero-order valence-corrected chi connectivity index (χ0v) is 6.51. The molecule has 0 amide bonds. The summed E-state index contributed by atoms with van der Waals surface area (Å²) >= 11 is 0. The van der Waals surface area contributed by atoms with Crippen molar-refractivity contribution in [3.8, 4) is 0 Å². The monoisotopic (exact) mass is 181 g/mol. The Kier molecular flexibility index (Phi) is 1.66. The van der Waals surface area contributed by atoms with Crippen LogP contribution in [0.1, 0.15) is 6.92 Å². The molecule has 1 rings (SSSR count). The molecule has 1 atom stereocenters. The van der Waals surface area contributed by atoms with Gasteiger partial charge in [-0.05, 0) is 6.92 Å². The van der Waals surface area contributed by atoms with Crippen LogP contribution in [0, 0.1) is 0 Å². The number of hydrogen-bond acceptors (Lipinski definition) is 4. The van der Waals surface area contributed by atoms with Crippen molar-refractivity contribution in [2.45, 2.75) is 12.5 Å². The zero-order valence-electron chi connectivity index (χ0n) is 5.70. The van der Waals surface area contributed by atoms with E-state index in [0.29, 0.717) is 0 Å². The molecule has 0 spiro atoms. The summed E-state index contributed by atoms with van der Waals surface area (Å²) in [7, 11) is -3.83. The molecule has 1 fully saturated rings. The van der Waals surface area contributed by atoms with Crippen molar-refractivity contribution in [3.05, 3.63) is 0 Å². The van der Waals surface area contributed by atoms with Gasteiger partial charge in [-0.3, -0.25) is 0 Å². The van der Waals surface area contributed by atoms with E-state index in [2.05, 4.69) is 4.18 Å². The van der Waals surface area contributed by atoms with Gasteiger partial charge in [0.15, 0.2) is 5.60 Å². The average Bonchev–Trinajstić information content (AvgIpc) is 2.08. The van der Waals surface area contributed by atoms with E-state index in [9.17, 15) is 13.2 Å². The smallest absolute Gasteiger partial charge is 0.338 e. The third-order valence-electron chi connectivity index (χ3n) is 1.33. The molecule has 0 bridgehead atoms. The minimum atomic E-state index is -3.83. The van der Waals surface area contributed by atoms with Crippen molar-refractivity contribution < 1.29 is 22.5 Å². The molecule has 0 saturated carbocycles. The number of nitrogens with one attached hydrogen (secondary N) is 1. The first-order chi connectivity index (χ1) is 4.86. The van der Waals surface area contributed by atoms with Crippen LogP contribution in [0.15, 0.2) is 0 Å². The lowest BCUT2D eigenvalue weighted by molar-refractivity contribution is -0.151. The van der Waals surface area contributed by atoms with Crippen LogP contribution in [-0.2, 0) is 19.3 Å². The van der Waals surface area contributed by atoms with Crippen LogP contribution in [0.4, 0.5) is 0 Å². The fraction of sp³-hybridized carbons (Fsp3) is 0.750. The summed E-state index contributed by atoms with van der Waals surface area (Å²) in [5.74, 6) is -1.30. The van der Waals surface area contributed by atoms with E-state index in [0.717, 1.165) is 0 Å². The van der Waals surface area contributed by atoms with Crippen LogP contribution in [0.2, 0.25) is 0 Å². The Morgan fingerprint density at radius 2 is 2.27 bits per heavy atom. The molecule has 1 aliphatic heterocycles. The quantitative estimate of drug-likeness (QED) is 0.524. The molecule has 0 aliphatic carbocycles. The minimum absolute atomic E-state index is 0.231. The summed E-state index contributed by atoms with van der Waals surface area (Å²) in [6.45, 7) is 0.956. The normalized spacial score (nSPS) is 35.4. The Balaban J connectivity index is 2.90. The Labute approximate surface area is 63.4 Å². The van der Waals surface area contributed by atoms with Crippen LogP contribution < -0.4 is 4.72 Å². The fourth-order valence-electron chi connectivity index (χ4n) is 0.638. The van der Waals surface area contributed by atoms with Gasteiger partial charge in [-0.15, -0.1) is 0 Å². The van der Waals surface area contributed by atoms with Crippen LogP contribution in [-0.4, -0.2) is 31.6 Å². The van der Waals surface area contributed by atoms with Gasteiger partial charge in [-0.1, -0.05) is 0 Å². The molecule has 0 aromatic heterocycles. The Morgan fingerprint density at radius 3 is 2.45 bits per heavy atom. The first kappa shape index (κ1) is 8.44. The SMILES string of the molecule is C[C@]1(C(=O)O)CNS(=O)(=O)O1. The number of carbonyl (C=O) groups is 1. The molecular formula is C4H7NO5S. The fourth-order valence-corrected chi connectivity index (χ4v) is 1.76. The van der Waals surface area contributed by atoms with E-state index in [1.165, 1.54) is 6.92 Å². The predicted molar refractivity (Wildman–Crippen MR) is 34.0 cm³/mol. The number of aliphatic carboxylic acids is 1. The minimum Gasteiger partial charge on any atom is -0.479 e. The molecule has 64 valence electrons. The zero-order chi connectivity index (χ0) is 8.70. The van der Waals surface area contributed by atoms with Gasteiger partial charge < -0.3 is 5.11 Å². The summed E-state index contributed by atoms with van der Waals surface area (Å²) in [6, 6.07) is 0. The molecule has 1 heterocycles. The summed E-state index contributed by atoms with van der Waals surface area (Å²) in [5.41, 5.74) is -1.65. The highest BCUT2D eigenvalue weighted by atomic mass is 32.2. The maximum absolute atomic E-state index is 10.6. The van der Waals surface area contributed by atoms with Crippen molar-refractivity contribution >= 4 is 16.3 Å². The van der Waals surface area contributed by atoms with Crippen LogP contribution in [0.5, 0.6) is 0 Å². The lowest BCUT2D eigenvalue weighted by Crippen LogP contribution is -2.38. The van der Waals surface area contributed by atoms with Crippen LogP contribution in [0.3, 0.4) is 0 Å². The van der Waals surface area contributed by atoms with Gasteiger partial charge in [0, 0.05) is 0 Å². The molecule has 0 radical (unpaired) electrons. The lowest BCUT2D eigenvalue weighted by Gasteiger charge is -2.12. The number of rotatable bonds is 1. The lowest BCUT2D eigenvalue weighted by atomic mass is 10.1. The molecule has 0 aromatic rings. The highest BCUT2D eigenvalue weighted by Crippen LogP contribution is 2.18. The Morgan fingerprint density at radius 1 is 1.73 bits per heavy atom. The summed E-state index contributed by atoms with van der Waals surface area (Å²) in [6.07, 6.45) is 0. The van der Waals surface area contributed by atoms with Gasteiger partial charge in [0.2, 0.25) is 0 Å². The average molecular weight is 181 g/mol. The van der Waals surface area contributed by atoms with Gasteiger partial charge >= 0.3 is 16.3 Å². The number of hydrogen-bond donors (Lipinski definition) is 2. The van der Waals surface area contributed by atoms with E-state index >= 15 is 0 Å². The second kappa shape index (κ2) is 2.16. The van der Waals surface area contributed by atoms with Gasteiger partial charge in [-0.25, -0.2) is 8.98 Å². The molecule has 1 saturated heterocycles. The van der Waals surface area contributed by atoms with Gasteiger partial charge in [0.25, 0.3) is 0 Å². The van der Waals surface area contributed by atoms with Crippen molar-refractivity contribution in [2.75, 3.05) is 6.54 Å². The van der Waals surface area contributed by atoms with Gasteiger partial charge in [-0.2, -0.15) is 13.1 Å². The van der Waals surface area contributed by atoms with Crippen molar-refractivity contribution in [1.29, 1.82) is 0 Å². The molecule has 1 aliphatic rings. The summed E-state index contributed by atoms with van der Waals surface area (Å²) in [4.78, 5) is 10.4. The van der Waals surface area contributed by atoms with E-state index in [4.69, 9.17) is 5.11 Å². The van der Waals surface area contributed by atoms with Gasteiger partial charge in [0.1, 0.15) is 0 Å². The molecule has 0 unspecified atom stereocenters. The molecular weight excluding hydrogens is 174 g/mol. The highest BCUT2D eigenvalue weighted by Gasteiger charge is 2.45. The van der Waals surface area contributed by atoms with Crippen molar-refractivity contribution in [3.63, 3.8) is 0 Å².